The van der Waals surface area contributed by atoms with E-state index < -0.39 is 0 Å². The summed E-state index contributed by atoms with van der Waals surface area (Å²) in [5.41, 5.74) is 2.77. The summed E-state index contributed by atoms with van der Waals surface area (Å²) in [5.74, 6) is 0.231. The molecule has 0 amide bonds. The lowest BCUT2D eigenvalue weighted by atomic mass is 10.2. The summed E-state index contributed by atoms with van der Waals surface area (Å²) in [5, 5.41) is 13.8. The maximum absolute atomic E-state index is 13.5. The third-order valence-electron chi connectivity index (χ3n) is 3.68. The van der Waals surface area contributed by atoms with Gasteiger partial charge in [0.25, 0.3) is 0 Å². The number of aromatic nitrogens is 4. The Morgan fingerprint density at radius 1 is 1.00 bits per heavy atom. The lowest BCUT2D eigenvalue weighted by molar-refractivity contribution is 0.628. The van der Waals surface area contributed by atoms with Crippen LogP contribution < -0.4 is 4.90 Å². The van der Waals surface area contributed by atoms with Gasteiger partial charge in [-0.25, -0.2) is 4.39 Å². The van der Waals surface area contributed by atoms with E-state index in [2.05, 4.69) is 21.4 Å². The molecule has 0 unspecified atom stereocenters. The second-order valence-corrected chi connectivity index (χ2v) is 6.54. The molecule has 4 aromatic rings. The highest BCUT2D eigenvalue weighted by molar-refractivity contribution is 7.19. The number of rotatable bonds is 3. The van der Waals surface area contributed by atoms with E-state index in [1.165, 1.54) is 23.5 Å². The standard InChI is InChI=1S/C17H14FN5S/c1-22(2)14-8-4-6-12(10-14)16-21-23-15(19-20-17(23)24-16)11-5-3-7-13(18)9-11/h3-10H,1-2H3. The zero-order chi connectivity index (χ0) is 16.7. The fourth-order valence-electron chi connectivity index (χ4n) is 2.46. The Morgan fingerprint density at radius 2 is 1.79 bits per heavy atom. The van der Waals surface area contributed by atoms with Gasteiger partial charge in [-0.15, -0.1) is 10.2 Å². The molecule has 0 N–H and O–H groups in total. The average molecular weight is 339 g/mol. The van der Waals surface area contributed by atoms with Crippen molar-refractivity contribution in [3.63, 3.8) is 0 Å². The second kappa shape index (κ2) is 5.68. The van der Waals surface area contributed by atoms with Gasteiger partial charge in [0.05, 0.1) is 0 Å². The number of hydrogen-bond donors (Lipinski definition) is 0. The molecule has 2 aromatic carbocycles. The van der Waals surface area contributed by atoms with Crippen LogP contribution in [0.5, 0.6) is 0 Å². The molecule has 120 valence electrons. The molecule has 2 heterocycles. The van der Waals surface area contributed by atoms with Crippen LogP contribution >= 0.6 is 11.3 Å². The Kier molecular flexibility index (Phi) is 3.50. The van der Waals surface area contributed by atoms with E-state index in [0.29, 0.717) is 16.3 Å². The molecule has 24 heavy (non-hydrogen) atoms. The quantitative estimate of drug-likeness (QED) is 0.571. The van der Waals surface area contributed by atoms with E-state index in [4.69, 9.17) is 0 Å². The lowest BCUT2D eigenvalue weighted by Gasteiger charge is -2.12. The van der Waals surface area contributed by atoms with Crippen molar-refractivity contribution in [3.8, 4) is 22.0 Å². The molecule has 5 nitrogen and oxygen atoms in total. The van der Waals surface area contributed by atoms with Gasteiger partial charge < -0.3 is 4.90 Å². The summed E-state index contributed by atoms with van der Waals surface area (Å²) in [4.78, 5) is 2.72. The average Bonchev–Trinajstić information content (AvgIpc) is 3.15. The van der Waals surface area contributed by atoms with Gasteiger partial charge in [0.15, 0.2) is 5.82 Å². The third-order valence-corrected chi connectivity index (χ3v) is 4.63. The summed E-state index contributed by atoms with van der Waals surface area (Å²) in [6.45, 7) is 0. The molecular weight excluding hydrogens is 325 g/mol. The molecule has 0 aliphatic rings. The summed E-state index contributed by atoms with van der Waals surface area (Å²) >= 11 is 1.46. The molecule has 2 aromatic heterocycles. The first kappa shape index (κ1) is 14.8. The summed E-state index contributed by atoms with van der Waals surface area (Å²) in [6, 6.07) is 14.4. The van der Waals surface area contributed by atoms with Crippen LogP contribution in [0.25, 0.3) is 26.9 Å². The van der Waals surface area contributed by atoms with Crippen molar-refractivity contribution < 1.29 is 4.39 Å². The Bertz CT molecular complexity index is 1020. The van der Waals surface area contributed by atoms with Crippen LogP contribution in [-0.4, -0.2) is 33.9 Å². The van der Waals surface area contributed by atoms with Crippen LogP contribution in [0, 0.1) is 5.82 Å². The van der Waals surface area contributed by atoms with Crippen molar-refractivity contribution in [3.05, 3.63) is 54.3 Å². The minimum absolute atomic E-state index is 0.307. The fraction of sp³-hybridized carbons (Fsp3) is 0.118. The van der Waals surface area contributed by atoms with Crippen LogP contribution in [0.3, 0.4) is 0 Å². The molecule has 0 saturated carbocycles. The molecule has 0 radical (unpaired) electrons. The summed E-state index contributed by atoms with van der Waals surface area (Å²) in [7, 11) is 4.00. The Labute approximate surface area is 142 Å². The van der Waals surface area contributed by atoms with Crippen molar-refractivity contribution in [1.29, 1.82) is 0 Å². The number of benzene rings is 2. The van der Waals surface area contributed by atoms with Gasteiger partial charge in [-0.2, -0.15) is 9.61 Å². The van der Waals surface area contributed by atoms with E-state index in [0.717, 1.165) is 16.3 Å². The fourth-order valence-corrected chi connectivity index (χ4v) is 3.29. The first-order valence-electron chi connectivity index (χ1n) is 7.38. The maximum Gasteiger partial charge on any atom is 0.235 e. The predicted octanol–water partition coefficient (Wildman–Crippen LogP) is 3.72. The summed E-state index contributed by atoms with van der Waals surface area (Å²) in [6.07, 6.45) is 0. The van der Waals surface area contributed by atoms with Crippen LogP contribution in [-0.2, 0) is 0 Å². The number of anilines is 1. The largest absolute Gasteiger partial charge is 0.378 e. The second-order valence-electron chi connectivity index (χ2n) is 5.58. The minimum atomic E-state index is -0.307. The lowest BCUT2D eigenvalue weighted by Crippen LogP contribution is -2.08. The molecule has 0 spiro atoms. The molecular formula is C17H14FN5S. The van der Waals surface area contributed by atoms with E-state index in [9.17, 15) is 4.39 Å². The maximum atomic E-state index is 13.5. The topological polar surface area (TPSA) is 46.3 Å². The van der Waals surface area contributed by atoms with Gasteiger partial charge >= 0.3 is 0 Å². The Morgan fingerprint density at radius 3 is 2.58 bits per heavy atom. The third kappa shape index (κ3) is 2.52. The molecule has 7 heteroatoms. The van der Waals surface area contributed by atoms with E-state index in [1.807, 2.05) is 37.2 Å². The number of fused-ring (bicyclic) bond motifs is 1. The van der Waals surface area contributed by atoms with Gasteiger partial charge in [0.2, 0.25) is 4.96 Å². The van der Waals surface area contributed by atoms with Crippen LogP contribution in [0.2, 0.25) is 0 Å². The number of halogens is 1. The van der Waals surface area contributed by atoms with Crippen LogP contribution in [0.1, 0.15) is 0 Å². The SMILES string of the molecule is CN(C)c1cccc(-c2nn3c(-c4cccc(F)c4)nnc3s2)c1. The van der Waals surface area contributed by atoms with Crippen molar-refractivity contribution >= 4 is 22.0 Å². The highest BCUT2D eigenvalue weighted by atomic mass is 32.1. The molecule has 0 saturated heterocycles. The molecule has 0 atom stereocenters. The molecule has 0 aliphatic heterocycles. The van der Waals surface area contributed by atoms with E-state index in [1.54, 1.807) is 16.6 Å². The van der Waals surface area contributed by atoms with Crippen LogP contribution in [0.15, 0.2) is 48.5 Å². The highest BCUT2D eigenvalue weighted by Gasteiger charge is 2.15. The van der Waals surface area contributed by atoms with Crippen molar-refractivity contribution in [2.45, 2.75) is 0 Å². The van der Waals surface area contributed by atoms with Gasteiger partial charge in [0.1, 0.15) is 10.8 Å². The first-order valence-corrected chi connectivity index (χ1v) is 8.19. The zero-order valence-corrected chi connectivity index (χ0v) is 14.0. The smallest absolute Gasteiger partial charge is 0.235 e. The minimum Gasteiger partial charge on any atom is -0.378 e. The Balaban J connectivity index is 1.81. The normalized spacial score (nSPS) is 11.1. The molecule has 0 fully saturated rings. The number of nitrogens with zero attached hydrogens (tertiary/aromatic N) is 5. The van der Waals surface area contributed by atoms with E-state index >= 15 is 0 Å². The predicted molar refractivity (Wildman–Crippen MR) is 93.8 cm³/mol. The molecule has 0 aliphatic carbocycles. The number of hydrogen-bond acceptors (Lipinski definition) is 5. The monoisotopic (exact) mass is 339 g/mol. The van der Waals surface area contributed by atoms with Gasteiger partial charge in [-0.1, -0.05) is 35.6 Å². The van der Waals surface area contributed by atoms with Gasteiger partial charge in [-0.3, -0.25) is 0 Å². The zero-order valence-electron chi connectivity index (χ0n) is 13.1. The molecule has 4 rings (SSSR count). The molecule has 0 bridgehead atoms. The summed E-state index contributed by atoms with van der Waals surface area (Å²) < 4.78 is 15.1. The first-order chi connectivity index (χ1) is 11.6. The van der Waals surface area contributed by atoms with Gasteiger partial charge in [0, 0.05) is 30.9 Å². The van der Waals surface area contributed by atoms with Crippen molar-refractivity contribution in [2.75, 3.05) is 19.0 Å². The van der Waals surface area contributed by atoms with Crippen LogP contribution in [0.4, 0.5) is 10.1 Å². The van der Waals surface area contributed by atoms with Crippen molar-refractivity contribution in [2.24, 2.45) is 0 Å². The van der Waals surface area contributed by atoms with Crippen molar-refractivity contribution in [1.82, 2.24) is 19.8 Å². The van der Waals surface area contributed by atoms with Gasteiger partial charge in [-0.05, 0) is 24.3 Å². The highest BCUT2D eigenvalue weighted by Crippen LogP contribution is 2.30. The van der Waals surface area contributed by atoms with E-state index in [-0.39, 0.29) is 5.82 Å². The Hall–Kier alpha value is -2.80.